The van der Waals surface area contributed by atoms with E-state index >= 15 is 0 Å². The van der Waals surface area contributed by atoms with Crippen LogP contribution < -0.4 is 5.32 Å². The summed E-state index contributed by atoms with van der Waals surface area (Å²) in [6.45, 7) is 1.60. The molecule has 0 aromatic carbocycles. The van der Waals surface area contributed by atoms with E-state index in [9.17, 15) is 4.79 Å². The molecule has 2 aliphatic rings. The van der Waals surface area contributed by atoms with Crippen LogP contribution in [0.4, 0.5) is 0 Å². The number of nitrogens with zero attached hydrogens (tertiary/aromatic N) is 1. The van der Waals surface area contributed by atoms with Crippen molar-refractivity contribution >= 4 is 12.1 Å². The molecule has 0 saturated carbocycles. The van der Waals surface area contributed by atoms with Crippen LogP contribution in [0.3, 0.4) is 0 Å². The lowest BCUT2D eigenvalue weighted by molar-refractivity contribution is -0.128. The second kappa shape index (κ2) is 1.00. The molecule has 2 aliphatic heterocycles. The van der Waals surface area contributed by atoms with Gasteiger partial charge in [-0.2, -0.15) is 0 Å². The van der Waals surface area contributed by atoms with Crippen LogP contribution in [0.5, 0.6) is 0 Å². The average molecular weight is 110 g/mol. The maximum absolute atomic E-state index is 10.6. The van der Waals surface area contributed by atoms with Crippen molar-refractivity contribution in [2.75, 3.05) is 13.1 Å². The van der Waals surface area contributed by atoms with E-state index in [4.69, 9.17) is 0 Å². The third-order valence-electron chi connectivity index (χ3n) is 1.74. The van der Waals surface area contributed by atoms with Gasteiger partial charge in [0.15, 0.2) is 0 Å². The summed E-state index contributed by atoms with van der Waals surface area (Å²) in [6.07, 6.45) is 1.74. The first-order valence-corrected chi connectivity index (χ1v) is 2.64. The van der Waals surface area contributed by atoms with Crippen LogP contribution in [-0.2, 0) is 4.79 Å². The van der Waals surface area contributed by atoms with E-state index in [2.05, 4.69) is 10.3 Å². The summed E-state index contributed by atoms with van der Waals surface area (Å²) < 4.78 is 0. The lowest BCUT2D eigenvalue weighted by atomic mass is 9.78. The maximum atomic E-state index is 10.6. The van der Waals surface area contributed by atoms with Gasteiger partial charge in [-0.1, -0.05) is 0 Å². The van der Waals surface area contributed by atoms with Gasteiger partial charge in [-0.05, 0) is 0 Å². The number of hydrogen-bond donors (Lipinski definition) is 1. The van der Waals surface area contributed by atoms with Crippen LogP contribution in [0.15, 0.2) is 4.99 Å². The van der Waals surface area contributed by atoms with Gasteiger partial charge in [0, 0.05) is 19.3 Å². The summed E-state index contributed by atoms with van der Waals surface area (Å²) in [6, 6.07) is 0. The highest BCUT2D eigenvalue weighted by molar-refractivity contribution is 6.12. The Labute approximate surface area is 46.8 Å². The minimum absolute atomic E-state index is 0.0521. The van der Waals surface area contributed by atoms with E-state index in [1.54, 1.807) is 6.21 Å². The minimum atomic E-state index is -0.139. The third kappa shape index (κ3) is 0.263. The molecule has 1 saturated heterocycles. The quantitative estimate of drug-likeness (QED) is 0.443. The molecule has 1 fully saturated rings. The minimum Gasteiger partial charge on any atom is -0.314 e. The van der Waals surface area contributed by atoms with Gasteiger partial charge in [0.2, 0.25) is 0 Å². The molecule has 0 aromatic rings. The van der Waals surface area contributed by atoms with Gasteiger partial charge in [0.05, 0.1) is 0 Å². The fraction of sp³-hybridized carbons (Fsp3) is 0.600. The van der Waals surface area contributed by atoms with E-state index < -0.39 is 0 Å². The first kappa shape index (κ1) is 4.21. The number of carbonyl (C=O) groups excluding carboxylic acids is 1. The zero-order chi connectivity index (χ0) is 5.61. The van der Waals surface area contributed by atoms with Crippen molar-refractivity contribution in [3.05, 3.63) is 0 Å². The Morgan fingerprint density at radius 1 is 1.75 bits per heavy atom. The largest absolute Gasteiger partial charge is 0.314 e. The van der Waals surface area contributed by atoms with Gasteiger partial charge in [0.25, 0.3) is 5.91 Å². The van der Waals surface area contributed by atoms with E-state index in [1.165, 1.54) is 0 Å². The average Bonchev–Trinajstić information content (AvgIpc) is 1.58. The third-order valence-corrected chi connectivity index (χ3v) is 1.74. The standard InChI is InChI=1S/C5H6N2O/c8-4-5(3-7-4)1-6-2-5/h3,6H,1-2H2. The molecule has 3 heteroatoms. The number of carbonyl (C=O) groups is 1. The lowest BCUT2D eigenvalue weighted by Crippen LogP contribution is -2.62. The molecule has 1 N–H and O–H groups in total. The van der Waals surface area contributed by atoms with Crippen LogP contribution in [-0.4, -0.2) is 25.2 Å². The molecule has 2 rings (SSSR count). The molecule has 0 aliphatic carbocycles. The van der Waals surface area contributed by atoms with E-state index in [-0.39, 0.29) is 11.3 Å². The van der Waals surface area contributed by atoms with Gasteiger partial charge in [0.1, 0.15) is 5.41 Å². The van der Waals surface area contributed by atoms with Crippen molar-refractivity contribution in [1.29, 1.82) is 0 Å². The molecular weight excluding hydrogens is 104 g/mol. The molecule has 0 aromatic heterocycles. The predicted molar refractivity (Wildman–Crippen MR) is 28.8 cm³/mol. The smallest absolute Gasteiger partial charge is 0.259 e. The predicted octanol–water partition coefficient (Wildman–Crippen LogP) is -0.813. The Bertz CT molecular complexity index is 169. The van der Waals surface area contributed by atoms with Gasteiger partial charge in [-0.3, -0.25) is 4.79 Å². The molecule has 42 valence electrons. The normalized spacial score (nSPS) is 29.8. The molecule has 0 radical (unpaired) electrons. The van der Waals surface area contributed by atoms with Crippen molar-refractivity contribution in [3.8, 4) is 0 Å². The monoisotopic (exact) mass is 110 g/mol. The van der Waals surface area contributed by atoms with Gasteiger partial charge < -0.3 is 5.32 Å². The summed E-state index contributed by atoms with van der Waals surface area (Å²) in [5.74, 6) is 0.0521. The van der Waals surface area contributed by atoms with Gasteiger partial charge in [-0.25, -0.2) is 4.99 Å². The first-order valence-electron chi connectivity index (χ1n) is 2.64. The van der Waals surface area contributed by atoms with Crippen LogP contribution in [0.2, 0.25) is 0 Å². The molecule has 0 bridgehead atoms. The summed E-state index contributed by atoms with van der Waals surface area (Å²) in [4.78, 5) is 14.1. The maximum Gasteiger partial charge on any atom is 0.259 e. The number of hydrogen-bond acceptors (Lipinski definition) is 2. The zero-order valence-electron chi connectivity index (χ0n) is 4.35. The number of nitrogens with one attached hydrogen (secondary N) is 1. The van der Waals surface area contributed by atoms with Crippen LogP contribution in [0.25, 0.3) is 0 Å². The highest BCUT2D eigenvalue weighted by Gasteiger charge is 2.47. The number of rotatable bonds is 0. The molecule has 8 heavy (non-hydrogen) atoms. The van der Waals surface area contributed by atoms with Crippen molar-refractivity contribution in [2.24, 2.45) is 10.4 Å². The number of aliphatic imine (C=N–C) groups is 1. The Balaban J connectivity index is 2.28. The van der Waals surface area contributed by atoms with E-state index in [1.807, 2.05) is 0 Å². The van der Waals surface area contributed by atoms with Crippen LogP contribution >= 0.6 is 0 Å². The molecule has 1 spiro atoms. The van der Waals surface area contributed by atoms with Crippen molar-refractivity contribution in [1.82, 2.24) is 5.32 Å². The fourth-order valence-electron chi connectivity index (χ4n) is 0.937. The van der Waals surface area contributed by atoms with Crippen molar-refractivity contribution in [2.45, 2.75) is 0 Å². The summed E-state index contributed by atoms with van der Waals surface area (Å²) in [5.41, 5.74) is -0.139. The number of amides is 1. The lowest BCUT2D eigenvalue weighted by Gasteiger charge is -2.40. The van der Waals surface area contributed by atoms with Crippen molar-refractivity contribution in [3.63, 3.8) is 0 Å². The zero-order valence-corrected chi connectivity index (χ0v) is 4.35. The Kier molecular flexibility index (Phi) is 0.526. The van der Waals surface area contributed by atoms with Crippen LogP contribution in [0, 0.1) is 5.41 Å². The Morgan fingerprint density at radius 3 is 2.50 bits per heavy atom. The Morgan fingerprint density at radius 2 is 2.50 bits per heavy atom. The van der Waals surface area contributed by atoms with Crippen molar-refractivity contribution < 1.29 is 4.79 Å². The first-order chi connectivity index (χ1) is 3.83. The molecular formula is C5H6N2O. The Hall–Kier alpha value is -0.700. The second-order valence-corrected chi connectivity index (χ2v) is 2.32. The highest BCUT2D eigenvalue weighted by Crippen LogP contribution is 2.27. The molecule has 3 nitrogen and oxygen atoms in total. The highest BCUT2D eigenvalue weighted by atomic mass is 16.2. The molecule has 0 unspecified atom stereocenters. The second-order valence-electron chi connectivity index (χ2n) is 2.32. The molecule has 2 heterocycles. The van der Waals surface area contributed by atoms with Crippen LogP contribution in [0.1, 0.15) is 0 Å². The summed E-state index contributed by atoms with van der Waals surface area (Å²) in [5, 5.41) is 3.02. The topological polar surface area (TPSA) is 41.5 Å². The van der Waals surface area contributed by atoms with E-state index in [0.29, 0.717) is 0 Å². The SMILES string of the molecule is O=C1N=CC12CNC2. The summed E-state index contributed by atoms with van der Waals surface area (Å²) >= 11 is 0. The molecule has 1 amide bonds. The van der Waals surface area contributed by atoms with E-state index in [0.717, 1.165) is 13.1 Å². The fourth-order valence-corrected chi connectivity index (χ4v) is 0.937. The van der Waals surface area contributed by atoms with Gasteiger partial charge in [-0.15, -0.1) is 0 Å². The van der Waals surface area contributed by atoms with Gasteiger partial charge >= 0.3 is 0 Å². The summed E-state index contributed by atoms with van der Waals surface area (Å²) in [7, 11) is 0. The molecule has 0 atom stereocenters.